The van der Waals surface area contributed by atoms with Crippen LogP contribution < -0.4 is 15.1 Å². The SMILES string of the molecule is OCCN1CC[C@@H](Oc2cc(Nc3nc(N4N=CCC4c4ccccc4)c4sccc4n3)cc(C3CC3)c2)C1. The molecule has 3 aliphatic rings. The second-order valence-corrected chi connectivity index (χ2v) is 11.5. The summed E-state index contributed by atoms with van der Waals surface area (Å²) in [4.78, 5) is 12.1. The minimum absolute atomic E-state index is 0.106. The summed E-state index contributed by atoms with van der Waals surface area (Å²) < 4.78 is 7.48. The van der Waals surface area contributed by atoms with Crippen LogP contribution >= 0.6 is 11.3 Å². The smallest absolute Gasteiger partial charge is 0.229 e. The van der Waals surface area contributed by atoms with Gasteiger partial charge in [0.05, 0.1) is 22.9 Å². The fourth-order valence-electron chi connectivity index (χ4n) is 5.60. The predicted octanol–water partition coefficient (Wildman–Crippen LogP) is 5.69. The van der Waals surface area contributed by atoms with Gasteiger partial charge in [0.1, 0.15) is 11.9 Å². The van der Waals surface area contributed by atoms with E-state index in [0.29, 0.717) is 18.4 Å². The molecule has 8 nitrogen and oxygen atoms in total. The molecule has 2 aromatic heterocycles. The van der Waals surface area contributed by atoms with Crippen LogP contribution in [0.5, 0.6) is 5.75 Å². The molecular formula is C30H32N6O2S. The lowest BCUT2D eigenvalue weighted by Gasteiger charge is -2.24. The van der Waals surface area contributed by atoms with Gasteiger partial charge < -0.3 is 15.2 Å². The van der Waals surface area contributed by atoms with E-state index in [1.165, 1.54) is 24.0 Å². The first-order valence-electron chi connectivity index (χ1n) is 13.8. The second kappa shape index (κ2) is 10.6. The lowest BCUT2D eigenvalue weighted by Crippen LogP contribution is -2.27. The Hall–Kier alpha value is -3.53. The lowest BCUT2D eigenvalue weighted by atomic mass is 10.0. The number of aliphatic hydroxyl groups is 1. The molecule has 9 heteroatoms. The molecule has 200 valence electrons. The monoisotopic (exact) mass is 540 g/mol. The van der Waals surface area contributed by atoms with E-state index in [1.807, 2.05) is 23.4 Å². The molecule has 1 unspecified atom stereocenters. The fraction of sp³-hybridized carbons (Fsp3) is 0.367. The Morgan fingerprint density at radius 3 is 2.77 bits per heavy atom. The number of rotatable bonds is 9. The molecule has 4 aromatic rings. The number of hydrogen-bond acceptors (Lipinski definition) is 9. The Morgan fingerprint density at radius 2 is 1.92 bits per heavy atom. The van der Waals surface area contributed by atoms with Gasteiger partial charge in [0.15, 0.2) is 5.82 Å². The molecule has 0 bridgehead atoms. The topological polar surface area (TPSA) is 86.1 Å². The van der Waals surface area contributed by atoms with E-state index in [4.69, 9.17) is 19.8 Å². The number of β-amino-alcohol motifs (C(OH)–C–C–N with tert-alkyl or cyclic N) is 1. The van der Waals surface area contributed by atoms with E-state index in [1.54, 1.807) is 11.3 Å². The molecule has 4 heterocycles. The van der Waals surface area contributed by atoms with Crippen LogP contribution in [-0.4, -0.2) is 58.5 Å². The molecule has 0 amide bonds. The molecule has 1 aliphatic carbocycles. The van der Waals surface area contributed by atoms with Gasteiger partial charge in [-0.3, -0.25) is 4.90 Å². The number of benzene rings is 2. The molecule has 2 fully saturated rings. The van der Waals surface area contributed by atoms with Crippen molar-refractivity contribution in [3.05, 3.63) is 71.1 Å². The van der Waals surface area contributed by atoms with Crippen LogP contribution in [0.15, 0.2) is 65.1 Å². The average Bonchev–Trinajstić information content (AvgIpc) is 3.29. The highest BCUT2D eigenvalue weighted by atomic mass is 32.1. The van der Waals surface area contributed by atoms with Crippen LogP contribution in [0.25, 0.3) is 10.2 Å². The first-order valence-corrected chi connectivity index (χ1v) is 14.7. The van der Waals surface area contributed by atoms with Gasteiger partial charge in [0.2, 0.25) is 5.95 Å². The molecule has 0 radical (unpaired) electrons. The molecule has 2 aliphatic heterocycles. The third-order valence-electron chi connectivity index (χ3n) is 7.70. The summed E-state index contributed by atoms with van der Waals surface area (Å²) in [5.41, 5.74) is 4.36. The third-order valence-corrected chi connectivity index (χ3v) is 8.60. The van der Waals surface area contributed by atoms with E-state index >= 15 is 0 Å². The van der Waals surface area contributed by atoms with Crippen molar-refractivity contribution in [2.45, 2.75) is 43.7 Å². The van der Waals surface area contributed by atoms with Gasteiger partial charge in [0.25, 0.3) is 0 Å². The Balaban J connectivity index is 1.18. The van der Waals surface area contributed by atoms with Gasteiger partial charge >= 0.3 is 0 Å². The minimum atomic E-state index is 0.106. The van der Waals surface area contributed by atoms with E-state index in [2.05, 4.69) is 58.1 Å². The van der Waals surface area contributed by atoms with Crippen molar-refractivity contribution in [2.24, 2.45) is 5.10 Å². The average molecular weight is 541 g/mol. The molecule has 2 atom stereocenters. The van der Waals surface area contributed by atoms with Crippen molar-refractivity contribution in [3.8, 4) is 5.75 Å². The minimum Gasteiger partial charge on any atom is -0.489 e. The Labute approximate surface area is 232 Å². The first-order chi connectivity index (χ1) is 19.2. The predicted molar refractivity (Wildman–Crippen MR) is 156 cm³/mol. The molecule has 1 saturated heterocycles. The summed E-state index contributed by atoms with van der Waals surface area (Å²) in [6.07, 6.45) is 6.34. The number of hydrazone groups is 1. The highest BCUT2D eigenvalue weighted by Gasteiger charge is 2.29. The number of thiophene rings is 1. The zero-order valence-corrected chi connectivity index (χ0v) is 22.6. The number of aromatic nitrogens is 2. The van der Waals surface area contributed by atoms with Gasteiger partial charge in [-0.15, -0.1) is 11.3 Å². The quantitative estimate of drug-likeness (QED) is 0.282. The maximum atomic E-state index is 9.28. The number of aliphatic hydroxyl groups excluding tert-OH is 1. The van der Waals surface area contributed by atoms with Crippen LogP contribution in [0.3, 0.4) is 0 Å². The normalized spacial score (nSPS) is 21.2. The van der Waals surface area contributed by atoms with Crippen LogP contribution in [0.4, 0.5) is 17.5 Å². The summed E-state index contributed by atoms with van der Waals surface area (Å²) in [7, 11) is 0. The second-order valence-electron chi connectivity index (χ2n) is 10.6. The molecule has 1 saturated carbocycles. The van der Waals surface area contributed by atoms with E-state index in [9.17, 15) is 5.11 Å². The lowest BCUT2D eigenvalue weighted by molar-refractivity contribution is 0.181. The van der Waals surface area contributed by atoms with Crippen LogP contribution in [0, 0.1) is 0 Å². The van der Waals surface area contributed by atoms with Crippen molar-refractivity contribution in [2.75, 3.05) is 36.6 Å². The van der Waals surface area contributed by atoms with Crippen molar-refractivity contribution >= 4 is 45.2 Å². The number of likely N-dealkylation sites (tertiary alicyclic amines) is 1. The fourth-order valence-corrected chi connectivity index (χ4v) is 6.42. The summed E-state index contributed by atoms with van der Waals surface area (Å²) in [6, 6.07) is 19.1. The van der Waals surface area contributed by atoms with E-state index in [0.717, 1.165) is 53.4 Å². The van der Waals surface area contributed by atoms with Crippen LogP contribution in [0.1, 0.15) is 48.8 Å². The van der Waals surface area contributed by atoms with Gasteiger partial charge in [-0.05, 0) is 59.9 Å². The summed E-state index contributed by atoms with van der Waals surface area (Å²) >= 11 is 1.64. The van der Waals surface area contributed by atoms with Crippen molar-refractivity contribution in [1.29, 1.82) is 0 Å². The summed E-state index contributed by atoms with van der Waals surface area (Å²) in [5, 5.41) is 21.6. The van der Waals surface area contributed by atoms with Crippen molar-refractivity contribution < 1.29 is 9.84 Å². The standard InChI is InChI=1S/C30H32N6O2S/c37-14-13-35-12-9-24(19-35)38-25-17-22(20-6-7-20)16-23(18-25)32-30-33-26-10-15-39-28(26)29(34-30)36-27(8-11-31-36)21-4-2-1-3-5-21/h1-5,10-11,15-18,20,24,27,37H,6-9,12-14,19H2,(H,32,33,34)/t24-,27?/m1/s1. The number of anilines is 3. The maximum absolute atomic E-state index is 9.28. The third kappa shape index (κ3) is 5.22. The molecule has 39 heavy (non-hydrogen) atoms. The highest BCUT2D eigenvalue weighted by molar-refractivity contribution is 7.17. The Kier molecular flexibility index (Phi) is 6.64. The van der Waals surface area contributed by atoms with Gasteiger partial charge in [-0.1, -0.05) is 30.3 Å². The van der Waals surface area contributed by atoms with Crippen LogP contribution in [0.2, 0.25) is 0 Å². The van der Waals surface area contributed by atoms with Crippen molar-refractivity contribution in [3.63, 3.8) is 0 Å². The number of fused-ring (bicyclic) bond motifs is 1. The number of nitrogens with one attached hydrogen (secondary N) is 1. The van der Waals surface area contributed by atoms with Crippen molar-refractivity contribution in [1.82, 2.24) is 14.9 Å². The van der Waals surface area contributed by atoms with E-state index < -0.39 is 0 Å². The van der Waals surface area contributed by atoms with E-state index in [-0.39, 0.29) is 18.8 Å². The molecular weight excluding hydrogens is 508 g/mol. The molecule has 2 aromatic carbocycles. The maximum Gasteiger partial charge on any atom is 0.229 e. The zero-order chi connectivity index (χ0) is 26.2. The zero-order valence-electron chi connectivity index (χ0n) is 21.7. The Morgan fingerprint density at radius 1 is 1.03 bits per heavy atom. The summed E-state index contributed by atoms with van der Waals surface area (Å²) in [6.45, 7) is 2.69. The largest absolute Gasteiger partial charge is 0.489 e. The molecule has 0 spiro atoms. The summed E-state index contributed by atoms with van der Waals surface area (Å²) in [5.74, 6) is 2.84. The number of nitrogens with zero attached hydrogens (tertiary/aromatic N) is 5. The van der Waals surface area contributed by atoms with Gasteiger partial charge in [0, 0.05) is 44.0 Å². The molecule has 7 rings (SSSR count). The van der Waals surface area contributed by atoms with Gasteiger partial charge in [-0.2, -0.15) is 10.1 Å². The number of hydrogen-bond donors (Lipinski definition) is 2. The van der Waals surface area contributed by atoms with Gasteiger partial charge in [-0.25, -0.2) is 9.99 Å². The van der Waals surface area contributed by atoms with Crippen LogP contribution in [-0.2, 0) is 0 Å². The first kappa shape index (κ1) is 24.5. The number of ether oxygens (including phenoxy) is 1. The highest BCUT2D eigenvalue weighted by Crippen LogP contribution is 2.43. The molecule has 2 N–H and O–H groups in total. The Bertz CT molecular complexity index is 1490.